The van der Waals surface area contributed by atoms with Crippen LogP contribution >= 0.6 is 11.6 Å². The first-order valence-electron chi connectivity index (χ1n) is 6.45. The van der Waals surface area contributed by atoms with Crippen LogP contribution in [0.3, 0.4) is 0 Å². The lowest BCUT2D eigenvalue weighted by Crippen LogP contribution is -2.36. The van der Waals surface area contributed by atoms with Gasteiger partial charge in [0.15, 0.2) is 0 Å². The summed E-state index contributed by atoms with van der Waals surface area (Å²) < 4.78 is 0. The molecule has 0 aromatic heterocycles. The molecule has 1 unspecified atom stereocenters. The molecular formula is C14H21ClN2. The Morgan fingerprint density at radius 3 is 3.12 bits per heavy atom. The second-order valence-electron chi connectivity index (χ2n) is 4.90. The summed E-state index contributed by atoms with van der Waals surface area (Å²) in [5.74, 6) is 0.769. The number of piperidine rings is 1. The van der Waals surface area contributed by atoms with Gasteiger partial charge in [0.1, 0.15) is 0 Å². The monoisotopic (exact) mass is 252 g/mol. The number of halogens is 1. The maximum Gasteiger partial charge on any atom is 0.0409 e. The zero-order valence-corrected chi connectivity index (χ0v) is 11.1. The van der Waals surface area contributed by atoms with Gasteiger partial charge in [-0.05, 0) is 63.0 Å². The first kappa shape index (κ1) is 12.9. The van der Waals surface area contributed by atoms with Gasteiger partial charge in [-0.15, -0.1) is 0 Å². The van der Waals surface area contributed by atoms with Gasteiger partial charge >= 0.3 is 0 Å². The van der Waals surface area contributed by atoms with E-state index in [4.69, 9.17) is 11.6 Å². The van der Waals surface area contributed by atoms with Crippen molar-refractivity contribution in [2.45, 2.75) is 25.8 Å². The number of hydrogen-bond donors (Lipinski definition) is 2. The minimum Gasteiger partial charge on any atom is -0.316 e. The zero-order chi connectivity index (χ0) is 12.1. The highest BCUT2D eigenvalue weighted by Crippen LogP contribution is 2.18. The predicted molar refractivity (Wildman–Crippen MR) is 73.5 cm³/mol. The molecule has 0 aliphatic carbocycles. The van der Waals surface area contributed by atoms with Crippen molar-refractivity contribution in [3.8, 4) is 0 Å². The molecule has 1 aromatic carbocycles. The fraction of sp³-hybridized carbons (Fsp3) is 0.571. The molecule has 1 aliphatic heterocycles. The number of benzene rings is 1. The Labute approximate surface area is 109 Å². The van der Waals surface area contributed by atoms with E-state index >= 15 is 0 Å². The van der Waals surface area contributed by atoms with Crippen molar-refractivity contribution in [3.05, 3.63) is 34.9 Å². The molecule has 17 heavy (non-hydrogen) atoms. The van der Waals surface area contributed by atoms with E-state index in [1.807, 2.05) is 18.2 Å². The van der Waals surface area contributed by atoms with Gasteiger partial charge in [-0.2, -0.15) is 0 Å². The van der Waals surface area contributed by atoms with Crippen molar-refractivity contribution in [1.29, 1.82) is 0 Å². The molecule has 1 fully saturated rings. The average molecular weight is 253 g/mol. The topological polar surface area (TPSA) is 24.1 Å². The SMILES string of the molecule is C[C@H](NCC1CCCNC1)c1cccc(Cl)c1. The van der Waals surface area contributed by atoms with Crippen molar-refractivity contribution in [1.82, 2.24) is 10.6 Å². The summed E-state index contributed by atoms with van der Waals surface area (Å²) in [6.45, 7) is 5.61. The van der Waals surface area contributed by atoms with Crippen LogP contribution in [0.25, 0.3) is 0 Å². The highest BCUT2D eigenvalue weighted by molar-refractivity contribution is 6.30. The van der Waals surface area contributed by atoms with Crippen LogP contribution in [0.2, 0.25) is 5.02 Å². The summed E-state index contributed by atoms with van der Waals surface area (Å²) in [5.41, 5.74) is 1.27. The lowest BCUT2D eigenvalue weighted by Gasteiger charge is -2.25. The second kappa shape index (κ2) is 6.39. The van der Waals surface area contributed by atoms with Gasteiger partial charge in [-0.25, -0.2) is 0 Å². The molecule has 2 nitrogen and oxygen atoms in total. The molecule has 0 saturated carbocycles. The van der Waals surface area contributed by atoms with Gasteiger partial charge in [0.25, 0.3) is 0 Å². The van der Waals surface area contributed by atoms with Crippen molar-refractivity contribution in [2.24, 2.45) is 5.92 Å². The Balaban J connectivity index is 1.82. The van der Waals surface area contributed by atoms with Gasteiger partial charge in [0, 0.05) is 11.1 Å². The van der Waals surface area contributed by atoms with Crippen LogP contribution in [-0.4, -0.2) is 19.6 Å². The summed E-state index contributed by atoms with van der Waals surface area (Å²) in [6.07, 6.45) is 2.64. The molecule has 2 atom stereocenters. The summed E-state index contributed by atoms with van der Waals surface area (Å²) in [6, 6.07) is 8.47. The van der Waals surface area contributed by atoms with Crippen molar-refractivity contribution in [2.75, 3.05) is 19.6 Å². The molecule has 3 heteroatoms. The van der Waals surface area contributed by atoms with E-state index < -0.39 is 0 Å². The minimum absolute atomic E-state index is 0.371. The predicted octanol–water partition coefficient (Wildman–Crippen LogP) is 2.99. The van der Waals surface area contributed by atoms with Crippen LogP contribution in [0.15, 0.2) is 24.3 Å². The van der Waals surface area contributed by atoms with E-state index in [-0.39, 0.29) is 0 Å². The quantitative estimate of drug-likeness (QED) is 0.861. The third kappa shape index (κ3) is 3.98. The Kier molecular flexibility index (Phi) is 4.84. The maximum absolute atomic E-state index is 6.00. The molecule has 0 bridgehead atoms. The van der Waals surface area contributed by atoms with E-state index in [9.17, 15) is 0 Å². The normalized spacial score (nSPS) is 22.4. The van der Waals surface area contributed by atoms with Crippen molar-refractivity contribution in [3.63, 3.8) is 0 Å². The summed E-state index contributed by atoms with van der Waals surface area (Å²) in [5, 5.41) is 7.86. The third-order valence-electron chi connectivity index (χ3n) is 3.46. The molecular weight excluding hydrogens is 232 g/mol. The van der Waals surface area contributed by atoms with Crippen LogP contribution in [0.4, 0.5) is 0 Å². The average Bonchev–Trinajstić information content (AvgIpc) is 2.37. The van der Waals surface area contributed by atoms with Crippen LogP contribution in [0.5, 0.6) is 0 Å². The van der Waals surface area contributed by atoms with Gasteiger partial charge in [-0.1, -0.05) is 23.7 Å². The van der Waals surface area contributed by atoms with Gasteiger partial charge in [-0.3, -0.25) is 0 Å². The van der Waals surface area contributed by atoms with E-state index in [2.05, 4.69) is 23.6 Å². The van der Waals surface area contributed by atoms with Gasteiger partial charge in [0.05, 0.1) is 0 Å². The molecule has 0 radical (unpaired) electrons. The Bertz CT molecular complexity index is 348. The van der Waals surface area contributed by atoms with Gasteiger partial charge in [0.2, 0.25) is 0 Å². The summed E-state index contributed by atoms with van der Waals surface area (Å²) in [7, 11) is 0. The van der Waals surface area contributed by atoms with Crippen molar-refractivity contribution < 1.29 is 0 Å². The van der Waals surface area contributed by atoms with E-state index in [0.717, 1.165) is 24.0 Å². The Morgan fingerprint density at radius 2 is 2.41 bits per heavy atom. The van der Waals surface area contributed by atoms with E-state index in [1.54, 1.807) is 0 Å². The first-order valence-corrected chi connectivity index (χ1v) is 6.83. The summed E-state index contributed by atoms with van der Waals surface area (Å²) >= 11 is 6.00. The molecule has 0 amide bonds. The highest BCUT2D eigenvalue weighted by atomic mass is 35.5. The Morgan fingerprint density at radius 1 is 1.53 bits per heavy atom. The van der Waals surface area contributed by atoms with Crippen LogP contribution in [0, 0.1) is 5.92 Å². The molecule has 1 saturated heterocycles. The van der Waals surface area contributed by atoms with Crippen LogP contribution < -0.4 is 10.6 Å². The molecule has 2 N–H and O–H groups in total. The fourth-order valence-electron chi connectivity index (χ4n) is 2.34. The molecule has 1 aromatic rings. The standard InChI is InChI=1S/C14H21ClN2/c1-11(13-5-2-6-14(15)8-13)17-10-12-4-3-7-16-9-12/h2,5-6,8,11-12,16-17H,3-4,7,9-10H2,1H3/t11-,12?/m0/s1. The van der Waals surface area contributed by atoms with Crippen molar-refractivity contribution >= 4 is 11.6 Å². The fourth-order valence-corrected chi connectivity index (χ4v) is 2.53. The van der Waals surface area contributed by atoms with E-state index in [0.29, 0.717) is 6.04 Å². The lowest BCUT2D eigenvalue weighted by atomic mass is 9.99. The lowest BCUT2D eigenvalue weighted by molar-refractivity contribution is 0.348. The highest BCUT2D eigenvalue weighted by Gasteiger charge is 2.14. The number of nitrogens with one attached hydrogen (secondary N) is 2. The minimum atomic E-state index is 0.371. The van der Waals surface area contributed by atoms with Crippen LogP contribution in [-0.2, 0) is 0 Å². The number of hydrogen-bond acceptors (Lipinski definition) is 2. The largest absolute Gasteiger partial charge is 0.316 e. The first-order chi connectivity index (χ1) is 8.25. The second-order valence-corrected chi connectivity index (χ2v) is 5.33. The molecule has 1 heterocycles. The molecule has 1 aliphatic rings. The Hall–Kier alpha value is -0.570. The molecule has 94 valence electrons. The number of rotatable bonds is 4. The summed E-state index contributed by atoms with van der Waals surface area (Å²) in [4.78, 5) is 0. The maximum atomic E-state index is 6.00. The zero-order valence-electron chi connectivity index (χ0n) is 10.4. The molecule has 2 rings (SSSR count). The van der Waals surface area contributed by atoms with Gasteiger partial charge < -0.3 is 10.6 Å². The van der Waals surface area contributed by atoms with Crippen LogP contribution in [0.1, 0.15) is 31.4 Å². The molecule has 0 spiro atoms. The van der Waals surface area contributed by atoms with E-state index in [1.165, 1.54) is 24.9 Å². The third-order valence-corrected chi connectivity index (χ3v) is 3.70. The smallest absolute Gasteiger partial charge is 0.0409 e.